The fraction of sp³-hybridized carbons (Fsp3) is 0.500. The summed E-state index contributed by atoms with van der Waals surface area (Å²) in [5.41, 5.74) is 2.31. The Kier molecular flexibility index (Phi) is 9.97. The molecule has 2 aromatic rings. The molecular weight excluding hydrogens is 490 g/mol. The summed E-state index contributed by atoms with van der Waals surface area (Å²) >= 11 is 0. The molecule has 1 unspecified atom stereocenters. The van der Waals surface area contributed by atoms with Crippen molar-refractivity contribution in [3.05, 3.63) is 59.7 Å². The van der Waals surface area contributed by atoms with E-state index >= 15 is 0 Å². The zero-order chi connectivity index (χ0) is 27.0. The standard InChI is InChI=1S/C28H39N3O5S/c1-5-21-11-15-24(16-12-21)31(37(4,34)35)20-27(32)30(19-22-13-17-25(36-3)18-14-22)26(6-2)28(33)29-23-9-7-8-10-23/h11-18,23,26H,5-10,19-20H2,1-4H3,(H,29,33). The number of nitrogens with one attached hydrogen (secondary N) is 1. The number of amides is 2. The first-order valence-corrected chi connectivity index (χ1v) is 14.8. The number of hydrogen-bond donors (Lipinski definition) is 1. The summed E-state index contributed by atoms with van der Waals surface area (Å²) in [5, 5.41) is 3.11. The monoisotopic (exact) mass is 529 g/mol. The molecule has 37 heavy (non-hydrogen) atoms. The van der Waals surface area contributed by atoms with Crippen molar-refractivity contribution in [2.24, 2.45) is 0 Å². The van der Waals surface area contributed by atoms with Crippen molar-refractivity contribution in [2.75, 3.05) is 24.2 Å². The minimum absolute atomic E-state index is 0.115. The number of methoxy groups -OCH3 is 1. The summed E-state index contributed by atoms with van der Waals surface area (Å²) in [7, 11) is -2.17. The third-order valence-electron chi connectivity index (χ3n) is 6.91. The van der Waals surface area contributed by atoms with Crippen molar-refractivity contribution in [2.45, 2.75) is 71.0 Å². The Morgan fingerprint density at radius 3 is 2.11 bits per heavy atom. The summed E-state index contributed by atoms with van der Waals surface area (Å²) in [6.45, 7) is 3.66. The number of sulfonamides is 1. The number of aryl methyl sites for hydroxylation is 1. The van der Waals surface area contributed by atoms with Crippen LogP contribution in [0.15, 0.2) is 48.5 Å². The molecule has 0 aliphatic heterocycles. The fourth-order valence-corrected chi connectivity index (χ4v) is 5.58. The number of carbonyl (C=O) groups excluding carboxylic acids is 2. The van der Waals surface area contributed by atoms with E-state index in [0.717, 1.165) is 53.8 Å². The molecule has 0 bridgehead atoms. The minimum atomic E-state index is -3.75. The highest BCUT2D eigenvalue weighted by molar-refractivity contribution is 7.92. The van der Waals surface area contributed by atoms with E-state index in [0.29, 0.717) is 17.9 Å². The highest BCUT2D eigenvalue weighted by Crippen LogP contribution is 2.22. The van der Waals surface area contributed by atoms with Crippen LogP contribution in [0.3, 0.4) is 0 Å². The van der Waals surface area contributed by atoms with E-state index in [1.165, 1.54) is 4.90 Å². The number of nitrogens with zero attached hydrogens (tertiary/aromatic N) is 2. The largest absolute Gasteiger partial charge is 0.497 e. The molecule has 3 rings (SSSR count). The van der Waals surface area contributed by atoms with Crippen LogP contribution in [0, 0.1) is 0 Å². The van der Waals surface area contributed by atoms with Crippen molar-refractivity contribution in [1.29, 1.82) is 0 Å². The van der Waals surface area contributed by atoms with Crippen molar-refractivity contribution in [3.63, 3.8) is 0 Å². The van der Waals surface area contributed by atoms with Crippen molar-refractivity contribution >= 4 is 27.5 Å². The van der Waals surface area contributed by atoms with Crippen LogP contribution in [0.5, 0.6) is 5.75 Å². The van der Waals surface area contributed by atoms with Gasteiger partial charge >= 0.3 is 0 Å². The first-order valence-electron chi connectivity index (χ1n) is 13.0. The molecule has 0 heterocycles. The molecule has 0 aromatic heterocycles. The number of hydrogen-bond acceptors (Lipinski definition) is 5. The van der Waals surface area contributed by atoms with E-state index < -0.39 is 28.5 Å². The van der Waals surface area contributed by atoms with Gasteiger partial charge in [-0.2, -0.15) is 0 Å². The lowest BCUT2D eigenvalue weighted by atomic mass is 10.1. The SMILES string of the molecule is CCc1ccc(N(CC(=O)N(Cc2ccc(OC)cc2)C(CC)C(=O)NC2CCCC2)S(C)(=O)=O)cc1. The molecule has 0 saturated heterocycles. The maximum absolute atomic E-state index is 13.8. The van der Waals surface area contributed by atoms with E-state index in [9.17, 15) is 18.0 Å². The van der Waals surface area contributed by atoms with Gasteiger partial charge in [-0.1, -0.05) is 51.0 Å². The third kappa shape index (κ3) is 7.71. The van der Waals surface area contributed by atoms with Crippen molar-refractivity contribution in [1.82, 2.24) is 10.2 Å². The molecular formula is C28H39N3O5S. The fourth-order valence-electron chi connectivity index (χ4n) is 4.73. The van der Waals surface area contributed by atoms with Crippen LogP contribution < -0.4 is 14.4 Å². The Hall–Kier alpha value is -3.07. The van der Waals surface area contributed by atoms with Gasteiger partial charge in [0.05, 0.1) is 19.1 Å². The highest BCUT2D eigenvalue weighted by atomic mass is 32.2. The number of ether oxygens (including phenoxy) is 1. The number of carbonyl (C=O) groups is 2. The average Bonchev–Trinajstić information content (AvgIpc) is 3.40. The zero-order valence-corrected chi connectivity index (χ0v) is 23.1. The summed E-state index contributed by atoms with van der Waals surface area (Å²) in [6, 6.07) is 13.8. The molecule has 1 N–H and O–H groups in total. The van der Waals surface area contributed by atoms with Gasteiger partial charge in [0.15, 0.2) is 0 Å². The van der Waals surface area contributed by atoms with E-state index in [-0.39, 0.29) is 18.5 Å². The van der Waals surface area contributed by atoms with Gasteiger partial charge in [-0.3, -0.25) is 13.9 Å². The quantitative estimate of drug-likeness (QED) is 0.450. The Morgan fingerprint density at radius 2 is 1.59 bits per heavy atom. The zero-order valence-electron chi connectivity index (χ0n) is 22.3. The average molecular weight is 530 g/mol. The van der Waals surface area contributed by atoms with Crippen LogP contribution in [0.2, 0.25) is 0 Å². The minimum Gasteiger partial charge on any atom is -0.497 e. The Balaban J connectivity index is 1.90. The van der Waals surface area contributed by atoms with Gasteiger partial charge in [0.2, 0.25) is 21.8 Å². The van der Waals surface area contributed by atoms with Gasteiger partial charge in [0.25, 0.3) is 0 Å². The number of anilines is 1. The summed E-state index contributed by atoms with van der Waals surface area (Å²) in [5.74, 6) is 0.0510. The maximum atomic E-state index is 13.8. The van der Waals surface area contributed by atoms with Gasteiger partial charge in [-0.05, 0) is 61.1 Å². The molecule has 0 spiro atoms. The van der Waals surface area contributed by atoms with Gasteiger partial charge in [0, 0.05) is 12.6 Å². The molecule has 2 amide bonds. The van der Waals surface area contributed by atoms with Crippen LogP contribution in [-0.2, 0) is 32.6 Å². The molecule has 8 nitrogen and oxygen atoms in total. The number of rotatable bonds is 12. The van der Waals surface area contributed by atoms with Crippen LogP contribution >= 0.6 is 0 Å². The summed E-state index contributed by atoms with van der Waals surface area (Å²) < 4.78 is 31.8. The maximum Gasteiger partial charge on any atom is 0.244 e. The Morgan fingerprint density at radius 1 is 1.00 bits per heavy atom. The van der Waals surface area contributed by atoms with E-state index in [2.05, 4.69) is 5.32 Å². The van der Waals surface area contributed by atoms with Gasteiger partial charge < -0.3 is 15.0 Å². The lowest BCUT2D eigenvalue weighted by Crippen LogP contribution is -2.53. The Bertz CT molecular complexity index is 1140. The van der Waals surface area contributed by atoms with Crippen LogP contribution in [0.4, 0.5) is 5.69 Å². The third-order valence-corrected chi connectivity index (χ3v) is 8.05. The summed E-state index contributed by atoms with van der Waals surface area (Å²) in [6.07, 6.45) is 6.35. The second-order valence-electron chi connectivity index (χ2n) is 9.57. The molecule has 1 fully saturated rings. The van der Waals surface area contributed by atoms with Gasteiger partial charge in [0.1, 0.15) is 18.3 Å². The predicted octanol–water partition coefficient (Wildman–Crippen LogP) is 3.89. The topological polar surface area (TPSA) is 96.0 Å². The molecule has 202 valence electrons. The first kappa shape index (κ1) is 28.5. The summed E-state index contributed by atoms with van der Waals surface area (Å²) in [4.78, 5) is 28.6. The molecule has 1 aliphatic carbocycles. The lowest BCUT2D eigenvalue weighted by molar-refractivity contribution is -0.140. The van der Waals surface area contributed by atoms with Crippen molar-refractivity contribution in [3.8, 4) is 5.75 Å². The second-order valence-corrected chi connectivity index (χ2v) is 11.5. The Labute approximate surface area is 221 Å². The second kappa shape index (κ2) is 12.9. The predicted molar refractivity (Wildman–Crippen MR) is 146 cm³/mol. The lowest BCUT2D eigenvalue weighted by Gasteiger charge is -2.33. The smallest absolute Gasteiger partial charge is 0.244 e. The first-order chi connectivity index (χ1) is 17.7. The molecule has 1 saturated carbocycles. The van der Waals surface area contributed by atoms with Gasteiger partial charge in [-0.25, -0.2) is 8.42 Å². The molecule has 0 radical (unpaired) electrons. The van der Waals surface area contributed by atoms with Crippen LogP contribution in [0.25, 0.3) is 0 Å². The van der Waals surface area contributed by atoms with E-state index in [4.69, 9.17) is 4.74 Å². The number of benzene rings is 2. The van der Waals surface area contributed by atoms with Crippen LogP contribution in [0.1, 0.15) is 57.1 Å². The molecule has 1 aliphatic rings. The van der Waals surface area contributed by atoms with Gasteiger partial charge in [-0.15, -0.1) is 0 Å². The van der Waals surface area contributed by atoms with E-state index in [1.54, 1.807) is 31.4 Å². The molecule has 2 aromatic carbocycles. The molecule has 1 atom stereocenters. The molecule has 9 heteroatoms. The van der Waals surface area contributed by atoms with Crippen LogP contribution in [-0.4, -0.2) is 57.1 Å². The highest BCUT2D eigenvalue weighted by Gasteiger charge is 2.33. The normalized spacial score (nSPS) is 14.7. The van der Waals surface area contributed by atoms with E-state index in [1.807, 2.05) is 38.1 Å². The van der Waals surface area contributed by atoms with Crippen molar-refractivity contribution < 1.29 is 22.7 Å².